The summed E-state index contributed by atoms with van der Waals surface area (Å²) in [4.78, 5) is 2.07. The molecule has 0 aliphatic rings. The third-order valence-electron chi connectivity index (χ3n) is 0.706. The highest BCUT2D eigenvalue weighted by Crippen LogP contribution is 1.83. The fraction of sp³-hybridized carbons (Fsp3) is 0.667. The van der Waals surface area contributed by atoms with Crippen LogP contribution in [0, 0.1) is 0 Å². The minimum absolute atomic E-state index is 0.152. The van der Waals surface area contributed by atoms with Gasteiger partial charge in [-0.25, -0.2) is 0 Å². The summed E-state index contributed by atoms with van der Waals surface area (Å²) in [5.41, 5.74) is 2.27. The normalized spacial score (nSPS) is 11.1. The summed E-state index contributed by atoms with van der Waals surface area (Å²) in [5, 5.41) is 0. The van der Waals surface area contributed by atoms with E-state index in [0.717, 1.165) is 0 Å². The zero-order valence-electron chi connectivity index (χ0n) is 6.10. The first-order chi connectivity index (χ1) is 3.63. The van der Waals surface area contributed by atoms with Gasteiger partial charge in [0, 0.05) is 14.1 Å². The molecule has 0 unspecified atom stereocenters. The first-order valence-corrected chi connectivity index (χ1v) is 5.35. The summed E-state index contributed by atoms with van der Waals surface area (Å²) in [5.74, 6) is 0. The molecule has 1 nitrogen and oxygen atoms in total. The number of nitrogens with zero attached hydrogens (tertiary/aromatic N) is 1. The van der Waals surface area contributed by atoms with Crippen molar-refractivity contribution < 1.29 is 0 Å². The summed E-state index contributed by atoms with van der Waals surface area (Å²) in [6.07, 6.45) is 2.12. The van der Waals surface area contributed by atoms with E-state index in [0.29, 0.717) is 0 Å². The predicted octanol–water partition coefficient (Wildman–Crippen LogP) is 1.36. The molecule has 0 N–H and O–H groups in total. The summed E-state index contributed by atoms with van der Waals surface area (Å²) >= 11 is 0. The molecular weight excluding hydrogens is 114 g/mol. The van der Waals surface area contributed by atoms with Gasteiger partial charge >= 0.3 is 0 Å². The van der Waals surface area contributed by atoms with E-state index in [2.05, 4.69) is 29.9 Å². The lowest BCUT2D eigenvalue weighted by Crippen LogP contribution is -2.03. The van der Waals surface area contributed by atoms with Crippen LogP contribution in [0.2, 0.25) is 13.1 Å². The molecule has 0 aliphatic carbocycles. The molecule has 0 saturated carbocycles. The Labute approximate surface area is 53.6 Å². The van der Waals surface area contributed by atoms with Crippen LogP contribution in [0.25, 0.3) is 0 Å². The van der Waals surface area contributed by atoms with Crippen molar-refractivity contribution in [3.8, 4) is 0 Å². The standard InChI is InChI=1S/C6H14NSi/c1-7(2)5-6-8(3)4/h5-6H,1-4H3/b6-5+. The van der Waals surface area contributed by atoms with E-state index in [4.69, 9.17) is 0 Å². The van der Waals surface area contributed by atoms with Crippen LogP contribution in [-0.4, -0.2) is 27.8 Å². The minimum atomic E-state index is -0.152. The van der Waals surface area contributed by atoms with E-state index in [1.54, 1.807) is 0 Å². The van der Waals surface area contributed by atoms with Gasteiger partial charge in [0.25, 0.3) is 0 Å². The highest BCUT2D eigenvalue weighted by Gasteiger charge is 1.84. The zero-order chi connectivity index (χ0) is 6.57. The van der Waals surface area contributed by atoms with Gasteiger partial charge in [0.2, 0.25) is 0 Å². The fourth-order valence-corrected chi connectivity index (χ4v) is 0.894. The van der Waals surface area contributed by atoms with E-state index in [1.165, 1.54) is 0 Å². The summed E-state index contributed by atoms with van der Waals surface area (Å²) in [6.45, 7) is 4.54. The van der Waals surface area contributed by atoms with E-state index < -0.39 is 0 Å². The Balaban J connectivity index is 3.34. The molecule has 0 aliphatic heterocycles. The van der Waals surface area contributed by atoms with Gasteiger partial charge in [0.15, 0.2) is 0 Å². The smallest absolute Gasteiger partial charge is 0.0712 e. The van der Waals surface area contributed by atoms with Crippen molar-refractivity contribution in [1.82, 2.24) is 4.90 Å². The van der Waals surface area contributed by atoms with Gasteiger partial charge in [-0.2, -0.15) is 0 Å². The maximum absolute atomic E-state index is 2.27. The maximum atomic E-state index is 2.27. The molecule has 0 spiro atoms. The molecular formula is C6H14NSi. The van der Waals surface area contributed by atoms with Crippen LogP contribution in [0.4, 0.5) is 0 Å². The molecule has 0 fully saturated rings. The Bertz CT molecular complexity index is 66.6. The van der Waals surface area contributed by atoms with Gasteiger partial charge < -0.3 is 4.90 Å². The predicted molar refractivity (Wildman–Crippen MR) is 40.3 cm³/mol. The van der Waals surface area contributed by atoms with Crippen molar-refractivity contribution in [2.24, 2.45) is 0 Å². The molecule has 47 valence electrons. The molecule has 0 heterocycles. The average molecular weight is 128 g/mol. The lowest BCUT2D eigenvalue weighted by atomic mass is 10.9. The van der Waals surface area contributed by atoms with Gasteiger partial charge in [0.1, 0.15) is 0 Å². The Morgan fingerprint density at radius 3 is 1.88 bits per heavy atom. The first-order valence-electron chi connectivity index (χ1n) is 2.77. The molecule has 8 heavy (non-hydrogen) atoms. The molecule has 0 aromatic rings. The second-order valence-electron chi connectivity index (χ2n) is 2.36. The number of hydrogen-bond acceptors (Lipinski definition) is 1. The van der Waals surface area contributed by atoms with Crippen molar-refractivity contribution in [3.63, 3.8) is 0 Å². The number of hydrogen-bond donors (Lipinski definition) is 0. The summed E-state index contributed by atoms with van der Waals surface area (Å²) in [6, 6.07) is 0. The fourth-order valence-electron chi connectivity index (χ4n) is 0.298. The van der Waals surface area contributed by atoms with Gasteiger partial charge in [-0.15, -0.1) is 0 Å². The monoisotopic (exact) mass is 128 g/mol. The van der Waals surface area contributed by atoms with Gasteiger partial charge in [-0.05, 0) is 6.20 Å². The highest BCUT2D eigenvalue weighted by atomic mass is 28.3. The molecule has 0 bridgehead atoms. The Kier molecular flexibility index (Phi) is 3.61. The molecule has 2 heteroatoms. The van der Waals surface area contributed by atoms with Gasteiger partial charge in [-0.1, -0.05) is 18.8 Å². The molecule has 0 aromatic carbocycles. The van der Waals surface area contributed by atoms with Crippen LogP contribution in [0.1, 0.15) is 0 Å². The SMILES string of the molecule is CN(C)/C=C/[Si](C)C. The van der Waals surface area contributed by atoms with Crippen molar-refractivity contribution >= 4 is 8.80 Å². The zero-order valence-corrected chi connectivity index (χ0v) is 7.10. The Morgan fingerprint density at radius 2 is 1.75 bits per heavy atom. The lowest BCUT2D eigenvalue weighted by molar-refractivity contribution is 0.564. The summed E-state index contributed by atoms with van der Waals surface area (Å²) < 4.78 is 0. The second-order valence-corrected chi connectivity index (χ2v) is 4.84. The van der Waals surface area contributed by atoms with Gasteiger partial charge in [-0.3, -0.25) is 0 Å². The van der Waals surface area contributed by atoms with Crippen LogP contribution < -0.4 is 0 Å². The second kappa shape index (κ2) is 3.72. The third-order valence-corrected chi connectivity index (χ3v) is 1.52. The van der Waals surface area contributed by atoms with Crippen molar-refractivity contribution in [2.75, 3.05) is 14.1 Å². The highest BCUT2D eigenvalue weighted by molar-refractivity contribution is 6.61. The summed E-state index contributed by atoms with van der Waals surface area (Å²) in [7, 11) is 3.93. The maximum Gasteiger partial charge on any atom is 0.0712 e. The molecule has 0 amide bonds. The lowest BCUT2D eigenvalue weighted by Gasteiger charge is -2.02. The largest absolute Gasteiger partial charge is 0.384 e. The molecule has 1 radical (unpaired) electrons. The van der Waals surface area contributed by atoms with Crippen LogP contribution in [0.3, 0.4) is 0 Å². The molecule has 0 rings (SSSR count). The Morgan fingerprint density at radius 1 is 1.25 bits per heavy atom. The van der Waals surface area contributed by atoms with Crippen LogP contribution in [0.15, 0.2) is 11.9 Å². The first kappa shape index (κ1) is 7.76. The Hall–Kier alpha value is -0.243. The quantitative estimate of drug-likeness (QED) is 0.507. The van der Waals surface area contributed by atoms with Crippen molar-refractivity contribution in [2.45, 2.75) is 13.1 Å². The molecule has 0 saturated heterocycles. The minimum Gasteiger partial charge on any atom is -0.384 e. The van der Waals surface area contributed by atoms with E-state index >= 15 is 0 Å². The van der Waals surface area contributed by atoms with E-state index in [1.807, 2.05) is 14.1 Å². The van der Waals surface area contributed by atoms with Crippen LogP contribution >= 0.6 is 0 Å². The van der Waals surface area contributed by atoms with Crippen molar-refractivity contribution in [3.05, 3.63) is 11.9 Å². The average Bonchev–Trinajstić information content (AvgIpc) is 1.61. The van der Waals surface area contributed by atoms with Gasteiger partial charge in [0.05, 0.1) is 8.80 Å². The van der Waals surface area contributed by atoms with E-state index in [-0.39, 0.29) is 8.80 Å². The molecule has 0 aromatic heterocycles. The van der Waals surface area contributed by atoms with Crippen LogP contribution in [-0.2, 0) is 0 Å². The van der Waals surface area contributed by atoms with E-state index in [9.17, 15) is 0 Å². The molecule has 0 atom stereocenters. The third kappa shape index (κ3) is 5.76. The van der Waals surface area contributed by atoms with Crippen molar-refractivity contribution in [1.29, 1.82) is 0 Å². The topological polar surface area (TPSA) is 3.24 Å². The number of rotatable bonds is 2. The van der Waals surface area contributed by atoms with Crippen LogP contribution in [0.5, 0.6) is 0 Å².